The van der Waals surface area contributed by atoms with E-state index in [9.17, 15) is 19.1 Å². The summed E-state index contributed by atoms with van der Waals surface area (Å²) in [6.07, 6.45) is -1.26. The number of benzene rings is 1. The zero-order valence-corrected chi connectivity index (χ0v) is 16.9. The van der Waals surface area contributed by atoms with Gasteiger partial charge in [0, 0.05) is 32.7 Å². The zero-order valence-electron chi connectivity index (χ0n) is 16.9. The van der Waals surface area contributed by atoms with Gasteiger partial charge >= 0.3 is 12.1 Å². The van der Waals surface area contributed by atoms with E-state index in [2.05, 4.69) is 15.7 Å². The molecule has 0 spiro atoms. The van der Waals surface area contributed by atoms with Crippen LogP contribution in [0, 0.1) is 12.7 Å². The van der Waals surface area contributed by atoms with Crippen molar-refractivity contribution < 1.29 is 28.6 Å². The summed E-state index contributed by atoms with van der Waals surface area (Å²) in [7, 11) is 2.91. The Morgan fingerprint density at radius 3 is 2.70 bits per heavy atom. The summed E-state index contributed by atoms with van der Waals surface area (Å²) in [5, 5.41) is 19.3. The maximum absolute atomic E-state index is 13.7. The van der Waals surface area contributed by atoms with Gasteiger partial charge < -0.3 is 24.8 Å². The topological polar surface area (TPSA) is 118 Å². The Balaban J connectivity index is 1.94. The second-order valence-electron chi connectivity index (χ2n) is 6.81. The minimum absolute atomic E-state index is 0.0826. The molecule has 2 heterocycles. The molecule has 1 aromatic carbocycles. The van der Waals surface area contributed by atoms with Crippen molar-refractivity contribution in [2.45, 2.75) is 26.2 Å². The molecule has 0 fully saturated rings. The van der Waals surface area contributed by atoms with Gasteiger partial charge in [-0.1, -0.05) is 0 Å². The third-order valence-corrected chi connectivity index (χ3v) is 4.88. The van der Waals surface area contributed by atoms with Gasteiger partial charge in [-0.2, -0.15) is 5.10 Å². The molecule has 0 bridgehead atoms. The Bertz CT molecular complexity index is 944. The first-order valence-electron chi connectivity index (χ1n) is 9.29. The maximum Gasteiger partial charge on any atom is 0.407 e. The lowest BCUT2D eigenvalue weighted by Gasteiger charge is -2.24. The van der Waals surface area contributed by atoms with E-state index in [1.807, 2.05) is 0 Å². The number of rotatable bonds is 6. The molecular weight excluding hydrogens is 397 g/mol. The lowest BCUT2D eigenvalue weighted by molar-refractivity contribution is -0.0970. The van der Waals surface area contributed by atoms with Crippen LogP contribution in [-0.2, 0) is 22.4 Å². The quantitative estimate of drug-likeness (QED) is 0.615. The first kappa shape index (κ1) is 21.5. The fourth-order valence-corrected chi connectivity index (χ4v) is 3.20. The highest BCUT2D eigenvalue weighted by Gasteiger charge is 2.28. The molecule has 0 unspecified atom stereocenters. The molecule has 30 heavy (non-hydrogen) atoms. The van der Waals surface area contributed by atoms with Crippen LogP contribution in [0.2, 0.25) is 0 Å². The molecule has 0 aliphatic carbocycles. The Hall–Kier alpha value is -3.18. The van der Waals surface area contributed by atoms with Crippen LogP contribution in [0.15, 0.2) is 18.2 Å². The van der Waals surface area contributed by atoms with Gasteiger partial charge in [0.1, 0.15) is 11.6 Å². The summed E-state index contributed by atoms with van der Waals surface area (Å²) < 4.78 is 25.3. The number of carbonyl (C=O) groups is 2. The Kier molecular flexibility index (Phi) is 6.53. The molecule has 11 heteroatoms. The van der Waals surface area contributed by atoms with Crippen molar-refractivity contribution in [2.75, 3.05) is 32.6 Å². The molecule has 0 atom stereocenters. The van der Waals surface area contributed by atoms with Crippen LogP contribution < -0.4 is 10.6 Å². The second-order valence-corrected chi connectivity index (χ2v) is 6.81. The number of fused-ring (bicyclic) bond motifs is 1. The van der Waals surface area contributed by atoms with Gasteiger partial charge in [-0.3, -0.25) is 5.32 Å². The summed E-state index contributed by atoms with van der Waals surface area (Å²) in [5.74, 6) is -0.0315. The zero-order chi connectivity index (χ0) is 21.8. The molecule has 0 saturated carbocycles. The smallest absolute Gasteiger partial charge is 0.407 e. The maximum atomic E-state index is 13.7. The molecule has 3 rings (SSSR count). The largest absolute Gasteiger partial charge is 0.465 e. The number of hydrogen-bond acceptors (Lipinski definition) is 5. The predicted octanol–water partition coefficient (Wildman–Crippen LogP) is 2.10. The second kappa shape index (κ2) is 9.09. The highest BCUT2D eigenvalue weighted by atomic mass is 19.1. The summed E-state index contributed by atoms with van der Waals surface area (Å²) >= 11 is 0. The Morgan fingerprint density at radius 1 is 1.33 bits per heavy atom. The van der Waals surface area contributed by atoms with Crippen molar-refractivity contribution in [3.05, 3.63) is 40.8 Å². The van der Waals surface area contributed by atoms with Crippen LogP contribution in [-0.4, -0.2) is 65.5 Å². The number of ether oxygens (including phenoxy) is 2. The average Bonchev–Trinajstić information content (AvgIpc) is 3.08. The summed E-state index contributed by atoms with van der Waals surface area (Å²) in [5.41, 5.74) is 2.24. The number of aromatic nitrogens is 2. The van der Waals surface area contributed by atoms with Crippen LogP contribution in [0.1, 0.15) is 16.8 Å². The Labute approximate surface area is 172 Å². The SMILES string of the molecule is COC(CNC(=O)Nc1c2c(nn1-c1ccc(F)c(C)c1)CCN(C(=O)O)C2)OC. The summed E-state index contributed by atoms with van der Waals surface area (Å²) in [6.45, 7) is 2.12. The molecule has 10 nitrogen and oxygen atoms in total. The van der Waals surface area contributed by atoms with E-state index in [4.69, 9.17) is 9.47 Å². The number of methoxy groups -OCH3 is 2. The number of carboxylic acid groups (broad SMARTS) is 1. The number of aryl methyl sites for hydroxylation is 1. The van der Waals surface area contributed by atoms with Crippen molar-refractivity contribution in [3.63, 3.8) is 0 Å². The van der Waals surface area contributed by atoms with E-state index in [0.29, 0.717) is 41.3 Å². The van der Waals surface area contributed by atoms with E-state index in [1.165, 1.54) is 29.9 Å². The number of nitrogens with one attached hydrogen (secondary N) is 2. The van der Waals surface area contributed by atoms with Gasteiger partial charge in [0.2, 0.25) is 0 Å². The molecule has 0 radical (unpaired) electrons. The van der Waals surface area contributed by atoms with Gasteiger partial charge in [-0.25, -0.2) is 18.7 Å². The minimum Gasteiger partial charge on any atom is -0.465 e. The molecule has 1 aliphatic rings. The van der Waals surface area contributed by atoms with Crippen molar-refractivity contribution >= 4 is 17.9 Å². The minimum atomic E-state index is -1.05. The third kappa shape index (κ3) is 4.52. The van der Waals surface area contributed by atoms with Crippen LogP contribution in [0.4, 0.5) is 19.8 Å². The van der Waals surface area contributed by atoms with E-state index < -0.39 is 18.4 Å². The first-order chi connectivity index (χ1) is 14.3. The van der Waals surface area contributed by atoms with Crippen LogP contribution in [0.25, 0.3) is 5.69 Å². The van der Waals surface area contributed by atoms with Crippen LogP contribution in [0.3, 0.4) is 0 Å². The standard InChI is InChI=1S/C19H24FN5O5/c1-11-8-12(4-5-14(11)20)25-17(22-18(26)21-9-16(29-2)30-3)13-10-24(19(27)28)7-6-15(13)23-25/h4-5,8,16H,6-7,9-10H2,1-3H3,(H,27,28)(H2,21,22,26). The van der Waals surface area contributed by atoms with Crippen LogP contribution in [0.5, 0.6) is 0 Å². The molecule has 0 saturated heterocycles. The lowest BCUT2D eigenvalue weighted by atomic mass is 10.1. The molecule has 1 aromatic heterocycles. The molecule has 3 amide bonds. The van der Waals surface area contributed by atoms with Gasteiger partial charge in [-0.15, -0.1) is 0 Å². The lowest BCUT2D eigenvalue weighted by Crippen LogP contribution is -2.38. The molecule has 2 aromatic rings. The van der Waals surface area contributed by atoms with Crippen LogP contribution >= 0.6 is 0 Å². The molecule has 162 valence electrons. The number of amides is 3. The van der Waals surface area contributed by atoms with Gasteiger partial charge in [0.05, 0.1) is 24.5 Å². The third-order valence-electron chi connectivity index (χ3n) is 4.88. The van der Waals surface area contributed by atoms with Crippen molar-refractivity contribution in [1.82, 2.24) is 20.0 Å². The highest BCUT2D eigenvalue weighted by Crippen LogP contribution is 2.29. The van der Waals surface area contributed by atoms with Gasteiger partial charge in [0.15, 0.2) is 6.29 Å². The fraction of sp³-hybridized carbons (Fsp3) is 0.421. The van der Waals surface area contributed by atoms with Crippen molar-refractivity contribution in [3.8, 4) is 5.69 Å². The average molecular weight is 421 g/mol. The molecule has 3 N–H and O–H groups in total. The van der Waals surface area contributed by atoms with E-state index in [1.54, 1.807) is 19.1 Å². The monoisotopic (exact) mass is 421 g/mol. The van der Waals surface area contributed by atoms with E-state index in [0.717, 1.165) is 0 Å². The molecular formula is C19H24FN5O5. The number of halogens is 1. The van der Waals surface area contributed by atoms with Crippen molar-refractivity contribution in [2.24, 2.45) is 0 Å². The number of nitrogens with zero attached hydrogens (tertiary/aromatic N) is 3. The van der Waals surface area contributed by atoms with Crippen molar-refractivity contribution in [1.29, 1.82) is 0 Å². The van der Waals surface area contributed by atoms with E-state index in [-0.39, 0.29) is 18.9 Å². The number of hydrogen-bond donors (Lipinski definition) is 3. The summed E-state index contributed by atoms with van der Waals surface area (Å²) in [6, 6.07) is 3.94. The number of carbonyl (C=O) groups excluding carboxylic acids is 1. The normalized spacial score (nSPS) is 13.3. The predicted molar refractivity (Wildman–Crippen MR) is 105 cm³/mol. The number of urea groups is 1. The molecule has 1 aliphatic heterocycles. The summed E-state index contributed by atoms with van der Waals surface area (Å²) in [4.78, 5) is 25.2. The fourth-order valence-electron chi connectivity index (χ4n) is 3.20. The highest BCUT2D eigenvalue weighted by molar-refractivity contribution is 5.89. The Morgan fingerprint density at radius 2 is 2.07 bits per heavy atom. The van der Waals surface area contributed by atoms with Gasteiger partial charge in [0.25, 0.3) is 0 Å². The first-order valence-corrected chi connectivity index (χ1v) is 9.29. The number of anilines is 1. The van der Waals surface area contributed by atoms with E-state index >= 15 is 0 Å². The van der Waals surface area contributed by atoms with Gasteiger partial charge in [-0.05, 0) is 30.7 Å².